The average molecular weight is 337 g/mol. The summed E-state index contributed by atoms with van der Waals surface area (Å²) in [4.78, 5) is 36.9. The molecule has 0 saturated carbocycles. The predicted molar refractivity (Wildman–Crippen MR) is 83.1 cm³/mol. The molecular weight excluding hydrogens is 318 g/mol. The Hall–Kier alpha value is -2.68. The number of rotatable bonds is 4. The summed E-state index contributed by atoms with van der Waals surface area (Å²) in [7, 11) is 3.10. The van der Waals surface area contributed by atoms with E-state index in [1.807, 2.05) is 0 Å². The SMILES string of the molecule is CN(C)C(=O)[C@@H]1C(O)CCN1C(=O)OCc1ccc([N+](=O)[O-])cc1. The lowest BCUT2D eigenvalue weighted by Crippen LogP contribution is -2.49. The summed E-state index contributed by atoms with van der Waals surface area (Å²) in [5, 5.41) is 20.5. The Bertz CT molecular complexity index is 631. The van der Waals surface area contributed by atoms with E-state index in [9.17, 15) is 24.8 Å². The van der Waals surface area contributed by atoms with Crippen LogP contribution in [0.2, 0.25) is 0 Å². The minimum Gasteiger partial charge on any atom is -0.445 e. The normalized spacial score (nSPS) is 19.9. The molecular formula is C15H19N3O6. The fourth-order valence-electron chi connectivity index (χ4n) is 2.49. The first-order chi connectivity index (χ1) is 11.3. The summed E-state index contributed by atoms with van der Waals surface area (Å²) in [5.74, 6) is -0.368. The van der Waals surface area contributed by atoms with Crippen LogP contribution >= 0.6 is 0 Å². The van der Waals surface area contributed by atoms with Gasteiger partial charge in [-0.15, -0.1) is 0 Å². The summed E-state index contributed by atoms with van der Waals surface area (Å²) in [6.45, 7) is 0.150. The van der Waals surface area contributed by atoms with Gasteiger partial charge in [-0.2, -0.15) is 0 Å². The number of aliphatic hydroxyl groups excluding tert-OH is 1. The second kappa shape index (κ2) is 7.26. The van der Waals surface area contributed by atoms with Crippen LogP contribution in [0.1, 0.15) is 12.0 Å². The van der Waals surface area contributed by atoms with E-state index in [1.54, 1.807) is 14.1 Å². The molecule has 2 amide bonds. The molecule has 9 heteroatoms. The molecule has 24 heavy (non-hydrogen) atoms. The Morgan fingerprint density at radius 2 is 2.00 bits per heavy atom. The maximum Gasteiger partial charge on any atom is 0.410 e. The van der Waals surface area contributed by atoms with E-state index in [0.29, 0.717) is 12.0 Å². The van der Waals surface area contributed by atoms with E-state index in [-0.39, 0.29) is 24.7 Å². The molecule has 2 atom stereocenters. The van der Waals surface area contributed by atoms with Gasteiger partial charge in [0.2, 0.25) is 5.91 Å². The Balaban J connectivity index is 1.98. The van der Waals surface area contributed by atoms with E-state index >= 15 is 0 Å². The van der Waals surface area contributed by atoms with E-state index in [1.165, 1.54) is 34.1 Å². The van der Waals surface area contributed by atoms with Crippen molar-refractivity contribution in [1.29, 1.82) is 0 Å². The summed E-state index contributed by atoms with van der Waals surface area (Å²) >= 11 is 0. The Kier molecular flexibility index (Phi) is 5.35. The molecule has 1 aliphatic rings. The van der Waals surface area contributed by atoms with Crippen LogP contribution < -0.4 is 0 Å². The Labute approximate surface area is 138 Å². The summed E-state index contributed by atoms with van der Waals surface area (Å²) < 4.78 is 5.16. The van der Waals surface area contributed by atoms with Crippen LogP contribution in [0.3, 0.4) is 0 Å². The van der Waals surface area contributed by atoms with Crippen molar-refractivity contribution in [1.82, 2.24) is 9.80 Å². The molecule has 0 spiro atoms. The molecule has 130 valence electrons. The molecule has 1 aliphatic heterocycles. The van der Waals surface area contributed by atoms with Crippen molar-refractivity contribution in [2.24, 2.45) is 0 Å². The molecule has 1 N–H and O–H groups in total. The van der Waals surface area contributed by atoms with Gasteiger partial charge in [0, 0.05) is 32.8 Å². The van der Waals surface area contributed by atoms with Crippen LogP contribution in [0.5, 0.6) is 0 Å². The van der Waals surface area contributed by atoms with Gasteiger partial charge in [0.15, 0.2) is 0 Å². The summed E-state index contributed by atoms with van der Waals surface area (Å²) in [6, 6.07) is 4.67. The standard InChI is InChI=1S/C15H19N3O6/c1-16(2)14(20)13-12(19)7-8-17(13)15(21)24-9-10-3-5-11(6-4-10)18(22)23/h3-6,12-13,19H,7-9H2,1-2H3/t12?,13-/m0/s1. The number of nitrogens with zero attached hydrogens (tertiary/aromatic N) is 3. The largest absolute Gasteiger partial charge is 0.445 e. The van der Waals surface area contributed by atoms with Gasteiger partial charge in [-0.1, -0.05) is 0 Å². The van der Waals surface area contributed by atoms with Crippen molar-refractivity contribution in [2.75, 3.05) is 20.6 Å². The number of carbonyl (C=O) groups excluding carboxylic acids is 2. The van der Waals surface area contributed by atoms with Crippen LogP contribution in [0.4, 0.5) is 10.5 Å². The van der Waals surface area contributed by atoms with Crippen LogP contribution in [0, 0.1) is 10.1 Å². The van der Waals surface area contributed by atoms with E-state index in [4.69, 9.17) is 4.74 Å². The number of hydrogen-bond donors (Lipinski definition) is 1. The van der Waals surface area contributed by atoms with Gasteiger partial charge < -0.3 is 14.7 Å². The highest BCUT2D eigenvalue weighted by Crippen LogP contribution is 2.21. The molecule has 0 radical (unpaired) electrons. The molecule has 1 aromatic carbocycles. The number of amides is 2. The van der Waals surface area contributed by atoms with Gasteiger partial charge >= 0.3 is 6.09 Å². The third-order valence-electron chi connectivity index (χ3n) is 3.80. The number of carbonyl (C=O) groups is 2. The zero-order chi connectivity index (χ0) is 17.9. The maximum atomic E-state index is 12.2. The maximum absolute atomic E-state index is 12.2. The Morgan fingerprint density at radius 3 is 2.54 bits per heavy atom. The third kappa shape index (κ3) is 3.80. The fraction of sp³-hybridized carbons (Fsp3) is 0.467. The smallest absolute Gasteiger partial charge is 0.410 e. The topological polar surface area (TPSA) is 113 Å². The van der Waals surface area contributed by atoms with Crippen LogP contribution in [-0.2, 0) is 16.1 Å². The van der Waals surface area contributed by atoms with Crippen LogP contribution in [0.25, 0.3) is 0 Å². The summed E-state index contributed by atoms with van der Waals surface area (Å²) in [5.41, 5.74) is 0.536. The predicted octanol–water partition coefficient (Wildman–Crippen LogP) is 0.755. The van der Waals surface area contributed by atoms with Gasteiger partial charge in [-0.3, -0.25) is 19.8 Å². The van der Waals surface area contributed by atoms with E-state index < -0.39 is 23.2 Å². The molecule has 9 nitrogen and oxygen atoms in total. The lowest BCUT2D eigenvalue weighted by Gasteiger charge is -2.27. The van der Waals surface area contributed by atoms with E-state index in [2.05, 4.69) is 0 Å². The van der Waals surface area contributed by atoms with Crippen molar-refractivity contribution in [3.05, 3.63) is 39.9 Å². The molecule has 2 rings (SSSR count). The van der Waals surface area contributed by atoms with Crippen molar-refractivity contribution >= 4 is 17.7 Å². The highest BCUT2D eigenvalue weighted by atomic mass is 16.6. The highest BCUT2D eigenvalue weighted by molar-refractivity contribution is 5.86. The first-order valence-electron chi connectivity index (χ1n) is 7.37. The van der Waals surface area contributed by atoms with Crippen molar-refractivity contribution in [3.8, 4) is 0 Å². The monoisotopic (exact) mass is 337 g/mol. The number of hydrogen-bond acceptors (Lipinski definition) is 6. The zero-order valence-electron chi connectivity index (χ0n) is 13.4. The van der Waals surface area contributed by atoms with Crippen molar-refractivity contribution < 1.29 is 24.4 Å². The zero-order valence-corrected chi connectivity index (χ0v) is 13.4. The number of benzene rings is 1. The molecule has 1 heterocycles. The molecule has 0 aliphatic carbocycles. The number of ether oxygens (including phenoxy) is 1. The number of nitro groups is 1. The quantitative estimate of drug-likeness (QED) is 0.641. The number of likely N-dealkylation sites (tertiary alicyclic amines) is 1. The Morgan fingerprint density at radius 1 is 1.38 bits per heavy atom. The first kappa shape index (κ1) is 17.7. The average Bonchev–Trinajstić information content (AvgIpc) is 2.93. The first-order valence-corrected chi connectivity index (χ1v) is 7.37. The minimum atomic E-state index is -0.954. The number of aliphatic hydroxyl groups is 1. The minimum absolute atomic E-state index is 0.0515. The molecule has 0 bridgehead atoms. The molecule has 1 unspecified atom stereocenters. The molecule has 0 aromatic heterocycles. The molecule has 1 saturated heterocycles. The van der Waals surface area contributed by atoms with Gasteiger partial charge in [0.25, 0.3) is 5.69 Å². The highest BCUT2D eigenvalue weighted by Gasteiger charge is 2.42. The number of non-ortho nitro benzene ring substituents is 1. The fourth-order valence-corrected chi connectivity index (χ4v) is 2.49. The lowest BCUT2D eigenvalue weighted by molar-refractivity contribution is -0.384. The molecule has 1 fully saturated rings. The summed E-state index contributed by atoms with van der Waals surface area (Å²) in [6.07, 6.45) is -1.33. The number of likely N-dealkylation sites (N-methyl/N-ethyl adjacent to an activating group) is 1. The third-order valence-corrected chi connectivity index (χ3v) is 3.80. The van der Waals surface area contributed by atoms with Crippen molar-refractivity contribution in [2.45, 2.75) is 25.2 Å². The van der Waals surface area contributed by atoms with Crippen LogP contribution in [0.15, 0.2) is 24.3 Å². The second-order valence-electron chi connectivity index (χ2n) is 5.71. The van der Waals surface area contributed by atoms with Crippen molar-refractivity contribution in [3.63, 3.8) is 0 Å². The molecule has 1 aromatic rings. The number of nitro benzene ring substituents is 1. The van der Waals surface area contributed by atoms with Crippen LogP contribution in [-0.4, -0.2) is 64.6 Å². The van der Waals surface area contributed by atoms with E-state index in [0.717, 1.165) is 0 Å². The van der Waals surface area contributed by atoms with Gasteiger partial charge in [0.1, 0.15) is 12.6 Å². The van der Waals surface area contributed by atoms with Gasteiger partial charge in [-0.25, -0.2) is 4.79 Å². The second-order valence-corrected chi connectivity index (χ2v) is 5.71. The van der Waals surface area contributed by atoms with Gasteiger partial charge in [0.05, 0.1) is 11.0 Å². The van der Waals surface area contributed by atoms with Gasteiger partial charge in [-0.05, 0) is 24.1 Å². The lowest BCUT2D eigenvalue weighted by atomic mass is 10.1.